The highest BCUT2D eigenvalue weighted by atomic mass is 32.2. The first-order valence-electron chi connectivity index (χ1n) is 10.5. The summed E-state index contributed by atoms with van der Waals surface area (Å²) in [6.07, 6.45) is 1.45. The molecule has 0 atom stereocenters. The molecule has 5 aromatic rings. The number of rotatable bonds is 7. The predicted octanol–water partition coefficient (Wildman–Crippen LogP) is 2.01. The Labute approximate surface area is 198 Å². The number of furan rings is 1. The number of esters is 1. The average Bonchev–Trinajstić information content (AvgIpc) is 3.55. The van der Waals surface area contributed by atoms with E-state index in [-0.39, 0.29) is 29.2 Å². The summed E-state index contributed by atoms with van der Waals surface area (Å²) in [5.74, 6) is 0.327. The van der Waals surface area contributed by atoms with Gasteiger partial charge in [0.15, 0.2) is 12.4 Å². The van der Waals surface area contributed by atoms with E-state index in [2.05, 4.69) is 14.9 Å². The topological polar surface area (TPSA) is 138 Å². The summed E-state index contributed by atoms with van der Waals surface area (Å²) in [6.45, 7) is -0.268. The SMILES string of the molecule is Cn1c(=O)c2ccccc2n2c(COC(=O)c3cccc(S(=O)(=O)NCc4ccco4)c3)nnc12. The Bertz CT molecular complexity index is 1720. The van der Waals surface area contributed by atoms with Crippen LogP contribution in [0.3, 0.4) is 0 Å². The van der Waals surface area contributed by atoms with Gasteiger partial charge < -0.3 is 9.15 Å². The number of benzene rings is 2. The summed E-state index contributed by atoms with van der Waals surface area (Å²) < 4.78 is 41.2. The predicted molar refractivity (Wildman–Crippen MR) is 124 cm³/mol. The van der Waals surface area contributed by atoms with E-state index in [9.17, 15) is 18.0 Å². The number of aryl methyl sites for hydroxylation is 1. The van der Waals surface area contributed by atoms with Gasteiger partial charge in [-0.3, -0.25) is 13.8 Å². The molecule has 35 heavy (non-hydrogen) atoms. The van der Waals surface area contributed by atoms with Gasteiger partial charge in [-0.1, -0.05) is 18.2 Å². The lowest BCUT2D eigenvalue weighted by Gasteiger charge is -2.09. The first-order chi connectivity index (χ1) is 16.8. The zero-order valence-corrected chi connectivity index (χ0v) is 19.2. The van der Waals surface area contributed by atoms with Crippen molar-refractivity contribution in [1.29, 1.82) is 0 Å². The van der Waals surface area contributed by atoms with Gasteiger partial charge in [0.1, 0.15) is 5.76 Å². The molecule has 5 rings (SSSR count). The molecule has 0 saturated heterocycles. The Morgan fingerprint density at radius 2 is 1.91 bits per heavy atom. The van der Waals surface area contributed by atoms with Crippen LogP contribution in [-0.4, -0.2) is 33.6 Å². The minimum absolute atomic E-state index is 0.0274. The van der Waals surface area contributed by atoms with E-state index in [0.717, 1.165) is 0 Å². The van der Waals surface area contributed by atoms with Crippen molar-refractivity contribution < 1.29 is 22.4 Å². The number of sulfonamides is 1. The lowest BCUT2D eigenvalue weighted by molar-refractivity contribution is 0.0461. The summed E-state index contributed by atoms with van der Waals surface area (Å²) >= 11 is 0. The molecule has 0 aliphatic carbocycles. The average molecular weight is 494 g/mol. The Hall–Kier alpha value is -4.29. The molecular formula is C23H19N5O6S. The third-order valence-corrected chi connectivity index (χ3v) is 6.82. The van der Waals surface area contributed by atoms with Crippen LogP contribution in [0.4, 0.5) is 0 Å². The molecule has 0 fully saturated rings. The van der Waals surface area contributed by atoms with Crippen molar-refractivity contribution in [3.05, 3.63) is 94.4 Å². The van der Waals surface area contributed by atoms with Gasteiger partial charge in [-0.2, -0.15) is 0 Å². The van der Waals surface area contributed by atoms with Gasteiger partial charge in [0, 0.05) is 7.05 Å². The molecule has 178 valence electrons. The summed E-state index contributed by atoms with van der Waals surface area (Å²) in [5.41, 5.74) is 0.414. The monoisotopic (exact) mass is 493 g/mol. The zero-order valence-electron chi connectivity index (χ0n) is 18.4. The number of hydrogen-bond acceptors (Lipinski definition) is 8. The van der Waals surface area contributed by atoms with Crippen LogP contribution in [0.2, 0.25) is 0 Å². The number of ether oxygens (including phenoxy) is 1. The quantitative estimate of drug-likeness (QED) is 0.340. The van der Waals surface area contributed by atoms with E-state index in [1.165, 1.54) is 35.1 Å². The van der Waals surface area contributed by atoms with Gasteiger partial charge in [-0.05, 0) is 42.5 Å². The molecule has 1 N–H and O–H groups in total. The van der Waals surface area contributed by atoms with Crippen LogP contribution in [0, 0.1) is 0 Å². The van der Waals surface area contributed by atoms with Gasteiger partial charge in [0.05, 0.1) is 34.2 Å². The first-order valence-corrected chi connectivity index (χ1v) is 11.9. The standard InChI is InChI=1S/C23H19N5O6S/c1-27-21(29)18-9-2-3-10-19(18)28-20(25-26-23(27)28)14-34-22(30)15-6-4-8-17(12-15)35(31,32)24-13-16-7-5-11-33-16/h2-12,24H,13-14H2,1H3. The van der Waals surface area contributed by atoms with Gasteiger partial charge in [-0.15, -0.1) is 10.2 Å². The lowest BCUT2D eigenvalue weighted by atomic mass is 10.2. The molecule has 0 bridgehead atoms. The highest BCUT2D eigenvalue weighted by molar-refractivity contribution is 7.89. The molecule has 11 nitrogen and oxygen atoms in total. The van der Waals surface area contributed by atoms with Crippen molar-refractivity contribution in [1.82, 2.24) is 23.9 Å². The number of nitrogens with zero attached hydrogens (tertiary/aromatic N) is 4. The maximum Gasteiger partial charge on any atom is 0.338 e. The lowest BCUT2D eigenvalue weighted by Crippen LogP contribution is -2.23. The van der Waals surface area contributed by atoms with Crippen LogP contribution in [0.1, 0.15) is 21.9 Å². The smallest absolute Gasteiger partial charge is 0.338 e. The first kappa shape index (κ1) is 22.5. The molecule has 0 spiro atoms. The van der Waals surface area contributed by atoms with Crippen molar-refractivity contribution >= 4 is 32.7 Å². The van der Waals surface area contributed by atoms with Crippen molar-refractivity contribution in [2.24, 2.45) is 7.05 Å². The molecule has 0 saturated carbocycles. The molecule has 0 amide bonds. The maximum atomic E-state index is 12.7. The molecule has 0 radical (unpaired) electrons. The normalized spacial score (nSPS) is 11.8. The van der Waals surface area contributed by atoms with Crippen LogP contribution in [0.15, 0.2) is 81.0 Å². The second kappa shape index (κ2) is 8.81. The Morgan fingerprint density at radius 3 is 2.71 bits per heavy atom. The summed E-state index contributed by atoms with van der Waals surface area (Å²) in [6, 6.07) is 15.8. The van der Waals surface area contributed by atoms with Crippen LogP contribution in [-0.2, 0) is 35.0 Å². The van der Waals surface area contributed by atoms with Crippen molar-refractivity contribution in [3.63, 3.8) is 0 Å². The second-order valence-corrected chi connectivity index (χ2v) is 9.41. The number of para-hydroxylation sites is 1. The minimum Gasteiger partial charge on any atom is -0.468 e. The largest absolute Gasteiger partial charge is 0.468 e. The van der Waals surface area contributed by atoms with Crippen LogP contribution < -0.4 is 10.3 Å². The molecular weight excluding hydrogens is 474 g/mol. The number of aromatic nitrogens is 4. The highest BCUT2D eigenvalue weighted by Crippen LogP contribution is 2.17. The molecule has 3 heterocycles. The Morgan fingerprint density at radius 1 is 1.09 bits per heavy atom. The fourth-order valence-corrected chi connectivity index (χ4v) is 4.69. The Balaban J connectivity index is 1.37. The summed E-state index contributed by atoms with van der Waals surface area (Å²) in [5, 5.41) is 8.60. The molecule has 0 aliphatic heterocycles. The number of carbonyl (C=O) groups excluding carboxylic acids is 1. The van der Waals surface area contributed by atoms with E-state index in [4.69, 9.17) is 9.15 Å². The zero-order chi connectivity index (χ0) is 24.6. The number of fused-ring (bicyclic) bond motifs is 3. The second-order valence-electron chi connectivity index (χ2n) is 7.64. The van der Waals surface area contributed by atoms with Gasteiger partial charge >= 0.3 is 5.97 Å². The van der Waals surface area contributed by atoms with E-state index in [0.29, 0.717) is 28.3 Å². The maximum absolute atomic E-state index is 12.7. The summed E-state index contributed by atoms with van der Waals surface area (Å²) in [4.78, 5) is 25.2. The Kier molecular flexibility index (Phi) is 5.67. The molecule has 0 unspecified atom stereocenters. The third kappa shape index (κ3) is 4.20. The van der Waals surface area contributed by atoms with Crippen LogP contribution >= 0.6 is 0 Å². The highest BCUT2D eigenvalue weighted by Gasteiger charge is 2.19. The number of carbonyl (C=O) groups is 1. The fraction of sp³-hybridized carbons (Fsp3) is 0.130. The molecule has 12 heteroatoms. The van der Waals surface area contributed by atoms with E-state index in [1.807, 2.05) is 0 Å². The summed E-state index contributed by atoms with van der Waals surface area (Å²) in [7, 11) is -2.31. The van der Waals surface area contributed by atoms with Gasteiger partial charge in [-0.25, -0.2) is 17.9 Å². The van der Waals surface area contributed by atoms with E-state index in [1.54, 1.807) is 47.8 Å². The molecule has 3 aromatic heterocycles. The number of nitrogens with one attached hydrogen (secondary N) is 1. The molecule has 2 aromatic carbocycles. The fourth-order valence-electron chi connectivity index (χ4n) is 3.65. The van der Waals surface area contributed by atoms with E-state index >= 15 is 0 Å². The van der Waals surface area contributed by atoms with E-state index < -0.39 is 16.0 Å². The van der Waals surface area contributed by atoms with Crippen molar-refractivity contribution in [2.45, 2.75) is 18.0 Å². The van der Waals surface area contributed by atoms with Gasteiger partial charge in [0.25, 0.3) is 5.56 Å². The van der Waals surface area contributed by atoms with Crippen LogP contribution in [0.25, 0.3) is 16.7 Å². The van der Waals surface area contributed by atoms with Gasteiger partial charge in [0.2, 0.25) is 15.8 Å². The third-order valence-electron chi connectivity index (χ3n) is 5.42. The number of hydrogen-bond donors (Lipinski definition) is 1. The van der Waals surface area contributed by atoms with Crippen molar-refractivity contribution in [2.75, 3.05) is 0 Å². The van der Waals surface area contributed by atoms with Crippen LogP contribution in [0.5, 0.6) is 0 Å². The minimum atomic E-state index is -3.89. The van der Waals surface area contributed by atoms with Crippen molar-refractivity contribution in [3.8, 4) is 0 Å². The molecule has 0 aliphatic rings.